The van der Waals surface area contributed by atoms with Crippen molar-refractivity contribution in [2.75, 3.05) is 13.1 Å². The van der Waals surface area contributed by atoms with E-state index in [9.17, 15) is 14.4 Å². The summed E-state index contributed by atoms with van der Waals surface area (Å²) in [7, 11) is 0. The zero-order valence-electron chi connectivity index (χ0n) is 15.5. The molecule has 0 atom stereocenters. The molecule has 2 aromatic rings. The molecular weight excluding hydrogens is 332 g/mol. The topological polar surface area (TPSA) is 84.3 Å². The van der Waals surface area contributed by atoms with Crippen molar-refractivity contribution < 1.29 is 9.59 Å². The van der Waals surface area contributed by atoms with Gasteiger partial charge in [-0.2, -0.15) is 9.78 Å². The van der Waals surface area contributed by atoms with Gasteiger partial charge in [-0.15, -0.1) is 0 Å². The lowest BCUT2D eigenvalue weighted by Gasteiger charge is -2.24. The lowest BCUT2D eigenvalue weighted by Crippen LogP contribution is -2.47. The maximum atomic E-state index is 12.7. The molecule has 0 spiro atoms. The number of nitrogens with one attached hydrogen (secondary N) is 1. The number of rotatable bonds is 5. The highest BCUT2D eigenvalue weighted by molar-refractivity contribution is 5.94. The first-order valence-corrected chi connectivity index (χ1v) is 8.47. The van der Waals surface area contributed by atoms with Crippen LogP contribution in [0.3, 0.4) is 0 Å². The number of hydrogen-bond acceptors (Lipinski definition) is 4. The van der Waals surface area contributed by atoms with Gasteiger partial charge < -0.3 is 10.2 Å². The third-order valence-electron chi connectivity index (χ3n) is 3.54. The molecule has 1 aromatic heterocycles. The van der Waals surface area contributed by atoms with Crippen LogP contribution in [0, 0.1) is 0 Å². The molecule has 26 heavy (non-hydrogen) atoms. The number of carbonyl (C=O) groups is 2. The largest absolute Gasteiger partial charge is 0.350 e. The van der Waals surface area contributed by atoms with E-state index in [0.717, 1.165) is 0 Å². The number of hydrogen-bond donors (Lipinski definition) is 1. The van der Waals surface area contributed by atoms with Crippen molar-refractivity contribution in [3.63, 3.8) is 0 Å². The molecule has 0 fully saturated rings. The molecular formula is C19H24N4O3. The Morgan fingerprint density at radius 2 is 1.77 bits per heavy atom. The van der Waals surface area contributed by atoms with E-state index >= 15 is 0 Å². The Morgan fingerprint density at radius 1 is 1.12 bits per heavy atom. The number of aromatic nitrogens is 2. The zero-order valence-corrected chi connectivity index (χ0v) is 15.5. The molecule has 0 aliphatic heterocycles. The molecule has 1 N–H and O–H groups in total. The lowest BCUT2D eigenvalue weighted by molar-refractivity contribution is -0.123. The van der Waals surface area contributed by atoms with Crippen molar-refractivity contribution in [3.05, 3.63) is 58.5 Å². The zero-order chi connectivity index (χ0) is 19.3. The van der Waals surface area contributed by atoms with Gasteiger partial charge in [-0.25, -0.2) is 0 Å². The number of carbonyl (C=O) groups excluding carboxylic acids is 2. The van der Waals surface area contributed by atoms with Gasteiger partial charge in [0.1, 0.15) is 5.69 Å². The van der Waals surface area contributed by atoms with Crippen LogP contribution in [0.25, 0.3) is 5.69 Å². The van der Waals surface area contributed by atoms with Crippen molar-refractivity contribution in [2.45, 2.75) is 33.2 Å². The van der Waals surface area contributed by atoms with Crippen molar-refractivity contribution in [2.24, 2.45) is 0 Å². The van der Waals surface area contributed by atoms with E-state index in [-0.39, 0.29) is 29.2 Å². The average molecular weight is 356 g/mol. The van der Waals surface area contributed by atoms with E-state index in [0.29, 0.717) is 12.2 Å². The maximum absolute atomic E-state index is 12.7. The Kier molecular flexibility index (Phi) is 5.92. The van der Waals surface area contributed by atoms with E-state index in [1.165, 1.54) is 21.7 Å². The molecule has 0 unspecified atom stereocenters. The SMILES string of the molecule is CCN(CC(=O)NC(C)(C)C)C(=O)c1ccc(=O)n(-c2ccccc2)n1. The molecule has 0 radical (unpaired) electrons. The average Bonchev–Trinajstić information content (AvgIpc) is 2.58. The highest BCUT2D eigenvalue weighted by atomic mass is 16.2. The minimum absolute atomic E-state index is 0.0707. The van der Waals surface area contributed by atoms with Crippen LogP contribution in [-0.4, -0.2) is 45.1 Å². The first kappa shape index (κ1) is 19.4. The van der Waals surface area contributed by atoms with Crippen LogP contribution in [0.5, 0.6) is 0 Å². The smallest absolute Gasteiger partial charge is 0.274 e. The van der Waals surface area contributed by atoms with Crippen LogP contribution < -0.4 is 10.9 Å². The lowest BCUT2D eigenvalue weighted by atomic mass is 10.1. The predicted molar refractivity (Wildman–Crippen MR) is 99.3 cm³/mol. The van der Waals surface area contributed by atoms with Crippen molar-refractivity contribution in [1.82, 2.24) is 20.0 Å². The molecule has 1 aromatic carbocycles. The van der Waals surface area contributed by atoms with Gasteiger partial charge in [0.2, 0.25) is 5.91 Å². The van der Waals surface area contributed by atoms with E-state index < -0.39 is 5.91 Å². The summed E-state index contributed by atoms with van der Waals surface area (Å²) < 4.78 is 1.18. The number of nitrogens with zero attached hydrogens (tertiary/aromatic N) is 3. The first-order chi connectivity index (χ1) is 12.2. The molecule has 2 rings (SSSR count). The molecule has 7 heteroatoms. The standard InChI is InChI=1S/C19H24N4O3/c1-5-22(13-16(24)20-19(2,3)4)18(26)15-11-12-17(25)23(21-15)14-9-7-6-8-10-14/h6-12H,5,13H2,1-4H3,(H,20,24). The summed E-state index contributed by atoms with van der Waals surface area (Å²) in [5.74, 6) is -0.648. The first-order valence-electron chi connectivity index (χ1n) is 8.47. The molecule has 0 aliphatic carbocycles. The maximum Gasteiger partial charge on any atom is 0.274 e. The van der Waals surface area contributed by atoms with Gasteiger partial charge in [0.15, 0.2) is 0 Å². The minimum Gasteiger partial charge on any atom is -0.350 e. The molecule has 2 amide bonds. The highest BCUT2D eigenvalue weighted by Gasteiger charge is 2.22. The number of amides is 2. The van der Waals surface area contributed by atoms with Gasteiger partial charge in [-0.05, 0) is 45.9 Å². The number of likely N-dealkylation sites (N-methyl/N-ethyl adjacent to an activating group) is 1. The van der Waals surface area contributed by atoms with Crippen LogP contribution in [0.15, 0.2) is 47.3 Å². The highest BCUT2D eigenvalue weighted by Crippen LogP contribution is 2.06. The Hall–Kier alpha value is -2.96. The van der Waals surface area contributed by atoms with Gasteiger partial charge in [-0.1, -0.05) is 18.2 Å². The summed E-state index contributed by atoms with van der Waals surface area (Å²) in [6.45, 7) is 7.69. The summed E-state index contributed by atoms with van der Waals surface area (Å²) in [5.41, 5.74) is -0.0287. The summed E-state index contributed by atoms with van der Waals surface area (Å²) in [5, 5.41) is 7.00. The molecule has 1 heterocycles. The quantitative estimate of drug-likeness (QED) is 0.882. The second-order valence-corrected chi connectivity index (χ2v) is 6.92. The van der Waals surface area contributed by atoms with Crippen molar-refractivity contribution in [1.29, 1.82) is 0 Å². The molecule has 0 saturated carbocycles. The Labute approximate surface area is 152 Å². The van der Waals surface area contributed by atoms with Crippen LogP contribution >= 0.6 is 0 Å². The Morgan fingerprint density at radius 3 is 2.35 bits per heavy atom. The van der Waals surface area contributed by atoms with Crippen LogP contribution in [-0.2, 0) is 4.79 Å². The second kappa shape index (κ2) is 7.95. The van der Waals surface area contributed by atoms with Gasteiger partial charge in [0.25, 0.3) is 11.5 Å². The monoisotopic (exact) mass is 356 g/mol. The summed E-state index contributed by atoms with van der Waals surface area (Å²) in [6.07, 6.45) is 0. The fraction of sp³-hybridized carbons (Fsp3) is 0.368. The van der Waals surface area contributed by atoms with E-state index in [2.05, 4.69) is 10.4 Å². The van der Waals surface area contributed by atoms with Crippen LogP contribution in [0.2, 0.25) is 0 Å². The number of benzene rings is 1. The third-order valence-corrected chi connectivity index (χ3v) is 3.54. The van der Waals surface area contributed by atoms with Crippen molar-refractivity contribution in [3.8, 4) is 5.69 Å². The summed E-state index contributed by atoms with van der Waals surface area (Å²) >= 11 is 0. The normalized spacial score (nSPS) is 11.1. The van der Waals surface area contributed by atoms with Gasteiger partial charge in [0.05, 0.1) is 12.2 Å². The third kappa shape index (κ3) is 5.02. The van der Waals surface area contributed by atoms with Crippen molar-refractivity contribution >= 4 is 11.8 Å². The Balaban J connectivity index is 2.25. The molecule has 0 aliphatic rings. The van der Waals surface area contributed by atoms with E-state index in [1.54, 1.807) is 31.2 Å². The molecule has 138 valence electrons. The molecule has 0 saturated heterocycles. The summed E-state index contributed by atoms with van der Waals surface area (Å²) in [4.78, 5) is 38.3. The Bertz CT molecular complexity index is 838. The van der Waals surface area contributed by atoms with E-state index in [1.807, 2.05) is 26.8 Å². The molecule has 7 nitrogen and oxygen atoms in total. The fourth-order valence-corrected chi connectivity index (χ4v) is 2.40. The van der Waals surface area contributed by atoms with Gasteiger partial charge >= 0.3 is 0 Å². The van der Waals surface area contributed by atoms with Crippen LogP contribution in [0.1, 0.15) is 38.2 Å². The predicted octanol–water partition coefficient (Wildman–Crippen LogP) is 1.61. The summed E-state index contributed by atoms with van der Waals surface area (Å²) in [6, 6.07) is 11.6. The molecule has 0 bridgehead atoms. The second-order valence-electron chi connectivity index (χ2n) is 6.92. The van der Waals surface area contributed by atoms with Gasteiger partial charge in [-0.3, -0.25) is 14.4 Å². The van der Waals surface area contributed by atoms with Gasteiger partial charge in [0, 0.05) is 18.2 Å². The number of para-hydroxylation sites is 1. The minimum atomic E-state index is -0.402. The van der Waals surface area contributed by atoms with Crippen LogP contribution in [0.4, 0.5) is 0 Å². The van der Waals surface area contributed by atoms with E-state index in [4.69, 9.17) is 0 Å². The fourth-order valence-electron chi connectivity index (χ4n) is 2.40.